The van der Waals surface area contributed by atoms with Crippen LogP contribution in [0.5, 0.6) is 0 Å². The maximum absolute atomic E-state index is 12.3. The van der Waals surface area contributed by atoms with Gasteiger partial charge in [0.25, 0.3) is 5.56 Å². The van der Waals surface area contributed by atoms with E-state index in [4.69, 9.17) is 5.84 Å². The van der Waals surface area contributed by atoms with E-state index >= 15 is 0 Å². The quantitative estimate of drug-likeness (QED) is 0.429. The Morgan fingerprint density at radius 2 is 1.81 bits per heavy atom. The summed E-state index contributed by atoms with van der Waals surface area (Å²) in [5, 5.41) is 1.13. The van der Waals surface area contributed by atoms with Crippen molar-refractivity contribution in [1.29, 1.82) is 0 Å². The Kier molecular flexibility index (Phi) is 4.22. The highest BCUT2D eigenvalue weighted by molar-refractivity contribution is 7.99. The molecule has 4 rings (SSSR count). The molecule has 0 bridgehead atoms. The molecule has 6 nitrogen and oxygen atoms in total. The first kappa shape index (κ1) is 16.4. The number of hydrogen-bond acceptors (Lipinski definition) is 5. The van der Waals surface area contributed by atoms with Gasteiger partial charge in [0.15, 0.2) is 5.16 Å². The van der Waals surface area contributed by atoms with E-state index in [1.807, 2.05) is 55.5 Å². The summed E-state index contributed by atoms with van der Waals surface area (Å²) < 4.78 is 1.50. The number of nitrogens with zero attached hydrogens (tertiary/aromatic N) is 3. The number of nitrogens with one attached hydrogen (secondary N) is 1. The van der Waals surface area contributed by atoms with Gasteiger partial charge >= 0.3 is 0 Å². The molecule has 0 fully saturated rings. The molecular formula is C19H17N5OS. The van der Waals surface area contributed by atoms with Crippen molar-refractivity contribution < 1.29 is 0 Å². The van der Waals surface area contributed by atoms with Gasteiger partial charge in [-0.25, -0.2) is 14.6 Å². The first-order valence-electron chi connectivity index (χ1n) is 8.17. The number of para-hydroxylation sites is 1. The molecule has 0 radical (unpaired) electrons. The lowest BCUT2D eigenvalue weighted by Gasteiger charge is -2.10. The van der Waals surface area contributed by atoms with Crippen LogP contribution in [0.4, 0.5) is 0 Å². The zero-order valence-electron chi connectivity index (χ0n) is 14.1. The number of rotatable bonds is 4. The zero-order valence-corrected chi connectivity index (χ0v) is 14.9. The van der Waals surface area contributed by atoms with Crippen molar-refractivity contribution in [3.05, 3.63) is 77.0 Å². The van der Waals surface area contributed by atoms with Gasteiger partial charge in [-0.05, 0) is 19.1 Å². The van der Waals surface area contributed by atoms with Crippen molar-refractivity contribution in [1.82, 2.24) is 19.6 Å². The summed E-state index contributed by atoms with van der Waals surface area (Å²) in [5.41, 5.74) is 2.35. The summed E-state index contributed by atoms with van der Waals surface area (Å²) in [6, 6.07) is 17.2. The average Bonchev–Trinajstić information content (AvgIpc) is 3.03. The van der Waals surface area contributed by atoms with Crippen molar-refractivity contribution >= 4 is 22.7 Å². The average molecular weight is 363 g/mol. The molecule has 0 spiro atoms. The molecule has 2 aromatic carbocycles. The van der Waals surface area contributed by atoms with Crippen molar-refractivity contribution in [2.75, 3.05) is 5.84 Å². The second-order valence-electron chi connectivity index (χ2n) is 5.91. The first-order valence-corrected chi connectivity index (χ1v) is 9.05. The fraction of sp³-hybridized carbons (Fsp3) is 0.105. The highest BCUT2D eigenvalue weighted by Crippen LogP contribution is 2.33. The van der Waals surface area contributed by atoms with Gasteiger partial charge in [0, 0.05) is 5.56 Å². The van der Waals surface area contributed by atoms with Crippen LogP contribution in [-0.2, 0) is 0 Å². The van der Waals surface area contributed by atoms with E-state index in [0.29, 0.717) is 21.9 Å². The topological polar surface area (TPSA) is 89.6 Å². The molecule has 0 aliphatic heterocycles. The fourth-order valence-corrected chi connectivity index (χ4v) is 3.59. The molecule has 3 N–H and O–H groups in total. The number of H-pyrrole nitrogens is 1. The van der Waals surface area contributed by atoms with E-state index < -0.39 is 0 Å². The molecule has 0 aliphatic rings. The molecule has 26 heavy (non-hydrogen) atoms. The number of nitrogen functional groups attached to an aromatic ring is 1. The molecule has 0 unspecified atom stereocenters. The van der Waals surface area contributed by atoms with E-state index in [-0.39, 0.29) is 10.8 Å². The van der Waals surface area contributed by atoms with Gasteiger partial charge in [-0.3, -0.25) is 4.79 Å². The zero-order chi connectivity index (χ0) is 18.1. The number of hydrogen-bond donors (Lipinski definition) is 2. The van der Waals surface area contributed by atoms with Crippen molar-refractivity contribution in [2.45, 2.75) is 17.3 Å². The summed E-state index contributed by atoms with van der Waals surface area (Å²) in [7, 11) is 0. The van der Waals surface area contributed by atoms with Gasteiger partial charge in [0.05, 0.1) is 28.0 Å². The van der Waals surface area contributed by atoms with Crippen LogP contribution in [0.2, 0.25) is 0 Å². The second kappa shape index (κ2) is 6.68. The number of benzene rings is 2. The van der Waals surface area contributed by atoms with Crippen molar-refractivity contribution in [3.63, 3.8) is 0 Å². The van der Waals surface area contributed by atoms with E-state index in [1.54, 1.807) is 12.3 Å². The van der Waals surface area contributed by atoms with Gasteiger partial charge in [0.1, 0.15) is 5.82 Å². The lowest BCUT2D eigenvalue weighted by Crippen LogP contribution is -2.13. The van der Waals surface area contributed by atoms with E-state index in [1.165, 1.54) is 16.4 Å². The van der Waals surface area contributed by atoms with Crippen LogP contribution in [-0.4, -0.2) is 19.6 Å². The number of imidazole rings is 1. The first-order chi connectivity index (χ1) is 12.6. The molecule has 7 heteroatoms. The van der Waals surface area contributed by atoms with E-state index in [9.17, 15) is 4.79 Å². The lowest BCUT2D eigenvalue weighted by atomic mass is 10.2. The van der Waals surface area contributed by atoms with Gasteiger partial charge in [0.2, 0.25) is 0 Å². The smallest absolute Gasteiger partial charge is 0.258 e. The van der Waals surface area contributed by atoms with Crippen LogP contribution in [0.15, 0.2) is 70.7 Å². The number of fused-ring (bicyclic) bond motifs is 1. The Labute approximate surface area is 154 Å². The Bertz CT molecular complexity index is 1120. The maximum atomic E-state index is 12.3. The van der Waals surface area contributed by atoms with Crippen LogP contribution < -0.4 is 11.4 Å². The largest absolute Gasteiger partial charge is 0.337 e. The molecule has 130 valence electrons. The van der Waals surface area contributed by atoms with Gasteiger partial charge in [-0.1, -0.05) is 54.2 Å². The molecule has 0 amide bonds. The third-order valence-corrected chi connectivity index (χ3v) is 5.16. The van der Waals surface area contributed by atoms with Crippen molar-refractivity contribution in [3.8, 4) is 11.3 Å². The summed E-state index contributed by atoms with van der Waals surface area (Å²) in [6.45, 7) is 1.97. The molecule has 2 aromatic heterocycles. The number of aromatic amines is 1. The van der Waals surface area contributed by atoms with E-state index in [2.05, 4.69) is 15.0 Å². The number of thioether (sulfide) groups is 1. The van der Waals surface area contributed by atoms with Crippen LogP contribution in [0.3, 0.4) is 0 Å². The molecule has 0 saturated carbocycles. The monoisotopic (exact) mass is 363 g/mol. The highest BCUT2D eigenvalue weighted by Gasteiger charge is 2.16. The van der Waals surface area contributed by atoms with E-state index in [0.717, 1.165) is 11.3 Å². The number of aromatic nitrogens is 4. The van der Waals surface area contributed by atoms with Crippen LogP contribution >= 0.6 is 11.8 Å². The van der Waals surface area contributed by atoms with Gasteiger partial charge < -0.3 is 10.8 Å². The Morgan fingerprint density at radius 3 is 2.62 bits per heavy atom. The molecule has 0 saturated heterocycles. The van der Waals surface area contributed by atoms with Gasteiger partial charge in [-0.15, -0.1) is 0 Å². The molecule has 4 aromatic rings. The minimum atomic E-state index is -0.140. The maximum Gasteiger partial charge on any atom is 0.258 e. The molecule has 1 atom stereocenters. The molecule has 0 aliphatic carbocycles. The second-order valence-corrected chi connectivity index (χ2v) is 7.22. The summed E-state index contributed by atoms with van der Waals surface area (Å²) in [5.74, 6) is 6.67. The Hall–Kier alpha value is -3.06. The standard InChI is InChI=1S/C19H17N5OS/c1-12(17-21-15-10-6-5-9-14(15)18(25)23-17)26-19-22-16(11-24(19)20)13-7-3-2-4-8-13/h2-12H,20H2,1H3,(H,21,23,25)/t12-/m0/s1. The lowest BCUT2D eigenvalue weighted by molar-refractivity contribution is 0.837. The summed E-state index contributed by atoms with van der Waals surface area (Å²) in [4.78, 5) is 24.3. The third-order valence-electron chi connectivity index (χ3n) is 4.07. The van der Waals surface area contributed by atoms with Crippen LogP contribution in [0.1, 0.15) is 18.0 Å². The van der Waals surface area contributed by atoms with Crippen LogP contribution in [0.25, 0.3) is 22.2 Å². The normalized spacial score (nSPS) is 12.3. The molecular weight excluding hydrogens is 346 g/mol. The fourth-order valence-electron chi connectivity index (χ4n) is 2.72. The Morgan fingerprint density at radius 1 is 1.08 bits per heavy atom. The predicted octanol–water partition coefficient (Wildman–Crippen LogP) is 3.35. The summed E-state index contributed by atoms with van der Waals surface area (Å²) in [6.07, 6.45) is 1.79. The van der Waals surface area contributed by atoms with Gasteiger partial charge in [-0.2, -0.15) is 0 Å². The minimum Gasteiger partial charge on any atom is -0.337 e. The minimum absolute atomic E-state index is 0.111. The Balaban J connectivity index is 1.64. The van der Waals surface area contributed by atoms with Crippen molar-refractivity contribution in [2.24, 2.45) is 0 Å². The highest BCUT2D eigenvalue weighted by atomic mass is 32.2. The SMILES string of the molecule is C[C@H](Sc1nc(-c2ccccc2)cn1N)c1nc2ccccc2c(=O)[nH]1. The predicted molar refractivity (Wildman–Crippen MR) is 104 cm³/mol. The number of nitrogens with two attached hydrogens (primary N) is 1. The third kappa shape index (κ3) is 3.09. The van der Waals surface area contributed by atoms with Crippen LogP contribution in [0, 0.1) is 0 Å². The summed E-state index contributed by atoms with van der Waals surface area (Å²) >= 11 is 1.45. The molecule has 2 heterocycles.